The maximum absolute atomic E-state index is 8.84. The molecule has 2 heterocycles. The van der Waals surface area contributed by atoms with E-state index in [4.69, 9.17) is 10.8 Å². The fourth-order valence-corrected chi connectivity index (χ4v) is 2.82. The van der Waals surface area contributed by atoms with Crippen LogP contribution in [0.5, 0.6) is 0 Å². The summed E-state index contributed by atoms with van der Waals surface area (Å²) in [5.41, 5.74) is 7.21. The SMILES string of the molecule is CC(CCO)SCCCn1cnc2c(N)ncnc21. The third kappa shape index (κ3) is 3.57. The molecule has 0 bridgehead atoms. The highest BCUT2D eigenvalue weighted by molar-refractivity contribution is 7.99. The van der Waals surface area contributed by atoms with Crippen molar-refractivity contribution in [3.05, 3.63) is 12.7 Å². The number of nitrogen functional groups attached to an aromatic ring is 1. The quantitative estimate of drug-likeness (QED) is 0.744. The first-order chi connectivity index (χ1) is 9.22. The number of anilines is 1. The standard InChI is InChI=1S/C12H19N5OS/c1-9(3-5-18)19-6-2-4-17-8-16-10-11(13)14-7-15-12(10)17/h7-9,18H,2-6H2,1H3,(H2,13,14,15). The van der Waals surface area contributed by atoms with E-state index in [2.05, 4.69) is 21.9 Å². The summed E-state index contributed by atoms with van der Waals surface area (Å²) >= 11 is 1.88. The molecule has 0 amide bonds. The summed E-state index contributed by atoms with van der Waals surface area (Å²) in [6, 6.07) is 0. The van der Waals surface area contributed by atoms with Gasteiger partial charge in [0.2, 0.25) is 0 Å². The van der Waals surface area contributed by atoms with E-state index in [1.54, 1.807) is 6.33 Å². The Balaban J connectivity index is 1.87. The molecule has 0 saturated heterocycles. The fourth-order valence-electron chi connectivity index (χ4n) is 1.85. The number of nitrogens with two attached hydrogens (primary N) is 1. The molecule has 0 aromatic carbocycles. The molecule has 104 valence electrons. The number of nitrogens with zero attached hydrogens (tertiary/aromatic N) is 4. The molecule has 1 unspecified atom stereocenters. The van der Waals surface area contributed by atoms with Gasteiger partial charge in [-0.25, -0.2) is 15.0 Å². The Labute approximate surface area is 116 Å². The molecule has 0 radical (unpaired) electrons. The van der Waals surface area contributed by atoms with Gasteiger partial charge < -0.3 is 15.4 Å². The Hall–Kier alpha value is -1.34. The van der Waals surface area contributed by atoms with E-state index in [0.29, 0.717) is 16.6 Å². The van der Waals surface area contributed by atoms with Gasteiger partial charge in [0.1, 0.15) is 11.8 Å². The van der Waals surface area contributed by atoms with E-state index in [0.717, 1.165) is 30.8 Å². The molecule has 3 N–H and O–H groups in total. The Morgan fingerprint density at radius 3 is 3.05 bits per heavy atom. The maximum Gasteiger partial charge on any atom is 0.165 e. The summed E-state index contributed by atoms with van der Waals surface area (Å²) in [6.45, 7) is 3.27. The predicted molar refractivity (Wildman–Crippen MR) is 78.0 cm³/mol. The topological polar surface area (TPSA) is 89.8 Å². The van der Waals surface area contributed by atoms with Crippen LogP contribution < -0.4 is 5.73 Å². The van der Waals surface area contributed by atoms with Crippen molar-refractivity contribution in [1.29, 1.82) is 0 Å². The monoisotopic (exact) mass is 281 g/mol. The summed E-state index contributed by atoms with van der Waals surface area (Å²) in [6.07, 6.45) is 5.11. The number of aliphatic hydroxyl groups excluding tert-OH is 1. The predicted octanol–water partition coefficient (Wildman–Crippen LogP) is 1.30. The molecular formula is C12H19N5OS. The number of aryl methyl sites for hydroxylation is 1. The number of imidazole rings is 1. The first-order valence-electron chi connectivity index (χ1n) is 6.36. The van der Waals surface area contributed by atoms with Gasteiger partial charge in [0.15, 0.2) is 11.5 Å². The van der Waals surface area contributed by atoms with Crippen LogP contribution in [0.4, 0.5) is 5.82 Å². The highest BCUT2D eigenvalue weighted by Gasteiger charge is 2.07. The van der Waals surface area contributed by atoms with E-state index in [9.17, 15) is 0 Å². The molecule has 19 heavy (non-hydrogen) atoms. The lowest BCUT2D eigenvalue weighted by Crippen LogP contribution is -2.03. The zero-order valence-corrected chi connectivity index (χ0v) is 11.8. The second kappa shape index (κ2) is 6.72. The van der Waals surface area contributed by atoms with Gasteiger partial charge in [0.25, 0.3) is 0 Å². The van der Waals surface area contributed by atoms with E-state index >= 15 is 0 Å². The van der Waals surface area contributed by atoms with Crippen molar-refractivity contribution in [3.63, 3.8) is 0 Å². The van der Waals surface area contributed by atoms with Gasteiger partial charge in [-0.2, -0.15) is 11.8 Å². The third-order valence-electron chi connectivity index (χ3n) is 2.91. The summed E-state index contributed by atoms with van der Waals surface area (Å²) in [4.78, 5) is 12.4. The molecule has 6 nitrogen and oxygen atoms in total. The third-order valence-corrected chi connectivity index (χ3v) is 4.24. The van der Waals surface area contributed by atoms with Crippen LogP contribution in [0, 0.1) is 0 Å². The number of hydrogen-bond acceptors (Lipinski definition) is 6. The Morgan fingerprint density at radius 2 is 2.26 bits per heavy atom. The zero-order chi connectivity index (χ0) is 13.7. The molecule has 0 aliphatic rings. The van der Waals surface area contributed by atoms with Crippen molar-refractivity contribution in [2.45, 2.75) is 31.6 Å². The minimum absolute atomic E-state index is 0.260. The van der Waals surface area contributed by atoms with Crippen LogP contribution in [0.3, 0.4) is 0 Å². The van der Waals surface area contributed by atoms with E-state index < -0.39 is 0 Å². The Bertz CT molecular complexity index is 530. The highest BCUT2D eigenvalue weighted by atomic mass is 32.2. The van der Waals surface area contributed by atoms with E-state index in [-0.39, 0.29) is 6.61 Å². The number of aromatic nitrogens is 4. The van der Waals surface area contributed by atoms with Crippen molar-refractivity contribution in [3.8, 4) is 0 Å². The van der Waals surface area contributed by atoms with Crippen LogP contribution in [-0.2, 0) is 6.54 Å². The minimum atomic E-state index is 0.260. The molecule has 0 saturated carbocycles. The van der Waals surface area contributed by atoms with Crippen molar-refractivity contribution >= 4 is 28.7 Å². The summed E-state index contributed by atoms with van der Waals surface area (Å²) in [5, 5.41) is 9.34. The van der Waals surface area contributed by atoms with Gasteiger partial charge in [-0.15, -0.1) is 0 Å². The Kier molecular flexibility index (Phi) is 4.98. The fraction of sp³-hybridized carbons (Fsp3) is 0.583. The van der Waals surface area contributed by atoms with Crippen LogP contribution in [0.25, 0.3) is 11.2 Å². The van der Waals surface area contributed by atoms with Crippen molar-refractivity contribution in [2.75, 3.05) is 18.1 Å². The van der Waals surface area contributed by atoms with Gasteiger partial charge >= 0.3 is 0 Å². The minimum Gasteiger partial charge on any atom is -0.396 e. The molecule has 1 atom stereocenters. The van der Waals surface area contributed by atoms with Crippen molar-refractivity contribution in [1.82, 2.24) is 19.5 Å². The smallest absolute Gasteiger partial charge is 0.165 e. The first kappa shape index (κ1) is 14.1. The molecule has 2 aromatic heterocycles. The highest BCUT2D eigenvalue weighted by Crippen LogP contribution is 2.17. The molecule has 2 rings (SSSR count). The molecule has 7 heteroatoms. The molecular weight excluding hydrogens is 262 g/mol. The molecule has 2 aromatic rings. The number of hydrogen-bond donors (Lipinski definition) is 2. The average Bonchev–Trinajstić information content (AvgIpc) is 2.80. The largest absolute Gasteiger partial charge is 0.396 e. The van der Waals surface area contributed by atoms with Crippen LogP contribution in [0.1, 0.15) is 19.8 Å². The number of rotatable bonds is 7. The number of fused-ring (bicyclic) bond motifs is 1. The maximum atomic E-state index is 8.84. The lowest BCUT2D eigenvalue weighted by Gasteiger charge is -2.09. The number of thioether (sulfide) groups is 1. The van der Waals surface area contributed by atoms with Crippen LogP contribution >= 0.6 is 11.8 Å². The van der Waals surface area contributed by atoms with Gasteiger partial charge in [-0.3, -0.25) is 0 Å². The Morgan fingerprint density at radius 1 is 1.42 bits per heavy atom. The zero-order valence-electron chi connectivity index (χ0n) is 11.0. The van der Waals surface area contributed by atoms with Gasteiger partial charge in [0, 0.05) is 18.4 Å². The van der Waals surface area contributed by atoms with Crippen LogP contribution in [0.15, 0.2) is 12.7 Å². The van der Waals surface area contributed by atoms with E-state index in [1.807, 2.05) is 16.3 Å². The summed E-state index contributed by atoms with van der Waals surface area (Å²) in [5.74, 6) is 1.48. The van der Waals surface area contributed by atoms with Gasteiger partial charge in [0.05, 0.1) is 6.33 Å². The molecule has 0 aliphatic carbocycles. The second-order valence-corrected chi connectivity index (χ2v) is 5.96. The van der Waals surface area contributed by atoms with Gasteiger partial charge in [-0.1, -0.05) is 6.92 Å². The lowest BCUT2D eigenvalue weighted by atomic mass is 10.3. The second-order valence-electron chi connectivity index (χ2n) is 4.42. The molecule has 0 fully saturated rings. The van der Waals surface area contributed by atoms with E-state index in [1.165, 1.54) is 6.33 Å². The average molecular weight is 281 g/mol. The molecule has 0 aliphatic heterocycles. The normalized spacial score (nSPS) is 12.9. The molecule has 0 spiro atoms. The van der Waals surface area contributed by atoms with Gasteiger partial charge in [-0.05, 0) is 18.6 Å². The summed E-state index contributed by atoms with van der Waals surface area (Å²) in [7, 11) is 0. The summed E-state index contributed by atoms with van der Waals surface area (Å²) < 4.78 is 2.00. The van der Waals surface area contributed by atoms with Crippen molar-refractivity contribution < 1.29 is 5.11 Å². The van der Waals surface area contributed by atoms with Crippen LogP contribution in [-0.4, -0.2) is 42.2 Å². The van der Waals surface area contributed by atoms with Crippen molar-refractivity contribution in [2.24, 2.45) is 0 Å². The lowest BCUT2D eigenvalue weighted by molar-refractivity contribution is 0.289. The first-order valence-corrected chi connectivity index (χ1v) is 7.41. The van der Waals surface area contributed by atoms with Crippen LogP contribution in [0.2, 0.25) is 0 Å². The number of aliphatic hydroxyl groups is 1.